The lowest BCUT2D eigenvalue weighted by Gasteiger charge is -2.37. The molecule has 2 atom stereocenters. The Morgan fingerprint density at radius 3 is 2.25 bits per heavy atom. The Bertz CT molecular complexity index is 413. The molecule has 2 heteroatoms. The van der Waals surface area contributed by atoms with E-state index in [1.54, 1.807) is 0 Å². The van der Waals surface area contributed by atoms with Gasteiger partial charge < -0.3 is 5.73 Å². The first-order chi connectivity index (χ1) is 7.06. The molecule has 0 aliphatic heterocycles. The van der Waals surface area contributed by atoms with Crippen LogP contribution in [0.25, 0.3) is 0 Å². The third-order valence-electron chi connectivity index (χ3n) is 4.52. The zero-order valence-electron chi connectivity index (χ0n) is 9.99. The Kier molecular flexibility index (Phi) is 2.60. The van der Waals surface area contributed by atoms with Crippen LogP contribution in [0, 0.1) is 0 Å². The molecule has 1 saturated carbocycles. The minimum Gasteiger partial charge on any atom is -0.327 e. The number of hydrogen-bond acceptors (Lipinski definition) is 1. The van der Waals surface area contributed by atoms with Gasteiger partial charge in [0.25, 0.3) is 0 Å². The van der Waals surface area contributed by atoms with Crippen LogP contribution >= 0.6 is 12.4 Å². The minimum atomic E-state index is 0. The average Bonchev–Trinajstić information content (AvgIpc) is 2.87. The maximum atomic E-state index is 6.14. The fourth-order valence-electron chi connectivity index (χ4n) is 3.24. The lowest BCUT2D eigenvalue weighted by Crippen LogP contribution is -2.32. The number of fused-ring (bicyclic) bond motifs is 2. The van der Waals surface area contributed by atoms with Gasteiger partial charge in [0.05, 0.1) is 0 Å². The summed E-state index contributed by atoms with van der Waals surface area (Å²) in [7, 11) is 0. The van der Waals surface area contributed by atoms with Gasteiger partial charge in [0.2, 0.25) is 0 Å². The van der Waals surface area contributed by atoms with Crippen molar-refractivity contribution in [1.82, 2.24) is 0 Å². The number of rotatable bonds is 0. The highest BCUT2D eigenvalue weighted by Crippen LogP contribution is 2.57. The molecule has 0 amide bonds. The van der Waals surface area contributed by atoms with Crippen LogP contribution in [0.3, 0.4) is 0 Å². The van der Waals surface area contributed by atoms with E-state index in [0.717, 1.165) is 0 Å². The third-order valence-corrected chi connectivity index (χ3v) is 4.52. The molecule has 1 fully saturated rings. The number of nitrogens with two attached hydrogens (primary N) is 1. The maximum absolute atomic E-state index is 6.14. The second-order valence-corrected chi connectivity index (χ2v) is 5.90. The molecule has 1 aromatic rings. The molecule has 0 radical (unpaired) electrons. The summed E-state index contributed by atoms with van der Waals surface area (Å²) in [6.07, 6.45) is 3.75. The second kappa shape index (κ2) is 3.48. The first-order valence-electron chi connectivity index (χ1n) is 5.92. The standard InChI is InChI=1S/C14H19N.ClH/c1-13(2)7-8-14(9-12(14)15)11-6-4-3-5-10(11)13;/h3-6,12H,7-9,15H2,1-2H3;1H. The van der Waals surface area contributed by atoms with Crippen molar-refractivity contribution in [3.8, 4) is 0 Å². The largest absolute Gasteiger partial charge is 0.327 e. The molecule has 88 valence electrons. The van der Waals surface area contributed by atoms with Crippen molar-refractivity contribution >= 4 is 12.4 Å². The van der Waals surface area contributed by atoms with E-state index in [-0.39, 0.29) is 12.4 Å². The summed E-state index contributed by atoms with van der Waals surface area (Å²) in [5, 5.41) is 0. The molecule has 1 nitrogen and oxygen atoms in total. The van der Waals surface area contributed by atoms with Gasteiger partial charge in [-0.25, -0.2) is 0 Å². The Hall–Kier alpha value is -0.530. The van der Waals surface area contributed by atoms with Crippen LogP contribution in [-0.4, -0.2) is 6.04 Å². The van der Waals surface area contributed by atoms with Gasteiger partial charge in [0, 0.05) is 11.5 Å². The van der Waals surface area contributed by atoms with E-state index in [1.165, 1.54) is 30.4 Å². The van der Waals surface area contributed by atoms with Gasteiger partial charge in [-0.1, -0.05) is 38.1 Å². The van der Waals surface area contributed by atoms with E-state index < -0.39 is 0 Å². The summed E-state index contributed by atoms with van der Waals surface area (Å²) in [5.74, 6) is 0. The smallest absolute Gasteiger partial charge is 0.0146 e. The average molecular weight is 238 g/mol. The monoisotopic (exact) mass is 237 g/mol. The van der Waals surface area contributed by atoms with E-state index in [9.17, 15) is 0 Å². The molecule has 1 aromatic carbocycles. The van der Waals surface area contributed by atoms with Crippen molar-refractivity contribution in [2.24, 2.45) is 5.73 Å². The van der Waals surface area contributed by atoms with Crippen LogP contribution in [0.1, 0.15) is 44.2 Å². The normalized spacial score (nSPS) is 34.1. The van der Waals surface area contributed by atoms with Gasteiger partial charge in [-0.2, -0.15) is 0 Å². The zero-order valence-corrected chi connectivity index (χ0v) is 10.8. The highest BCUT2D eigenvalue weighted by molar-refractivity contribution is 5.85. The van der Waals surface area contributed by atoms with Gasteiger partial charge >= 0.3 is 0 Å². The molecule has 0 bridgehead atoms. The summed E-state index contributed by atoms with van der Waals surface area (Å²) in [5.41, 5.74) is 9.89. The molecule has 0 aromatic heterocycles. The number of halogens is 1. The van der Waals surface area contributed by atoms with Gasteiger partial charge in [-0.3, -0.25) is 0 Å². The van der Waals surface area contributed by atoms with Crippen LogP contribution in [-0.2, 0) is 10.8 Å². The van der Waals surface area contributed by atoms with Crippen LogP contribution < -0.4 is 5.73 Å². The predicted octanol–water partition coefficient (Wildman–Crippen LogP) is 3.15. The fourth-order valence-corrected chi connectivity index (χ4v) is 3.24. The molecule has 1 spiro atoms. The van der Waals surface area contributed by atoms with E-state index in [2.05, 4.69) is 38.1 Å². The minimum absolute atomic E-state index is 0. The van der Waals surface area contributed by atoms with Crippen molar-refractivity contribution in [3.63, 3.8) is 0 Å². The molecular formula is C14H20ClN. The van der Waals surface area contributed by atoms with E-state index in [1.807, 2.05) is 0 Å². The lowest BCUT2D eigenvalue weighted by molar-refractivity contribution is 0.377. The Morgan fingerprint density at radius 1 is 1.12 bits per heavy atom. The topological polar surface area (TPSA) is 26.0 Å². The Morgan fingerprint density at radius 2 is 1.69 bits per heavy atom. The summed E-state index contributed by atoms with van der Waals surface area (Å²) >= 11 is 0. The molecule has 0 heterocycles. The predicted molar refractivity (Wildman–Crippen MR) is 70.2 cm³/mol. The maximum Gasteiger partial charge on any atom is 0.0146 e. The van der Waals surface area contributed by atoms with Crippen molar-refractivity contribution < 1.29 is 0 Å². The molecule has 2 aliphatic carbocycles. The van der Waals surface area contributed by atoms with E-state index in [4.69, 9.17) is 5.73 Å². The second-order valence-electron chi connectivity index (χ2n) is 5.90. The molecule has 2 N–H and O–H groups in total. The van der Waals surface area contributed by atoms with Crippen molar-refractivity contribution in [2.45, 2.75) is 50.0 Å². The molecule has 16 heavy (non-hydrogen) atoms. The SMILES string of the molecule is CC1(C)CCC2(CC2N)c2ccccc21.Cl. The molecule has 2 aliphatic rings. The van der Waals surface area contributed by atoms with Gasteiger partial charge in [-0.15, -0.1) is 12.4 Å². The van der Waals surface area contributed by atoms with Crippen molar-refractivity contribution in [1.29, 1.82) is 0 Å². The van der Waals surface area contributed by atoms with Gasteiger partial charge in [-0.05, 0) is 35.8 Å². The molecule has 2 unspecified atom stereocenters. The van der Waals surface area contributed by atoms with Crippen LogP contribution in [0.5, 0.6) is 0 Å². The van der Waals surface area contributed by atoms with E-state index >= 15 is 0 Å². The lowest BCUT2D eigenvalue weighted by atomic mass is 9.67. The van der Waals surface area contributed by atoms with Crippen LogP contribution in [0.15, 0.2) is 24.3 Å². The summed E-state index contributed by atoms with van der Waals surface area (Å²) in [4.78, 5) is 0. The zero-order chi connectivity index (χ0) is 10.7. The fraction of sp³-hybridized carbons (Fsp3) is 0.571. The summed E-state index contributed by atoms with van der Waals surface area (Å²) in [6, 6.07) is 9.32. The molecule has 0 saturated heterocycles. The Labute approximate surface area is 104 Å². The van der Waals surface area contributed by atoms with Gasteiger partial charge in [0.1, 0.15) is 0 Å². The third kappa shape index (κ3) is 1.42. The molecular weight excluding hydrogens is 218 g/mol. The van der Waals surface area contributed by atoms with E-state index in [0.29, 0.717) is 16.9 Å². The summed E-state index contributed by atoms with van der Waals surface area (Å²) in [6.45, 7) is 4.71. The highest BCUT2D eigenvalue weighted by Gasteiger charge is 2.56. The quantitative estimate of drug-likeness (QED) is 0.737. The number of hydrogen-bond donors (Lipinski definition) is 1. The van der Waals surface area contributed by atoms with Crippen molar-refractivity contribution in [2.75, 3.05) is 0 Å². The first-order valence-corrected chi connectivity index (χ1v) is 5.92. The molecule has 3 rings (SSSR count). The number of benzene rings is 1. The van der Waals surface area contributed by atoms with Crippen LogP contribution in [0.2, 0.25) is 0 Å². The first kappa shape index (κ1) is 11.9. The van der Waals surface area contributed by atoms with Crippen molar-refractivity contribution in [3.05, 3.63) is 35.4 Å². The Balaban J connectivity index is 0.000000963. The van der Waals surface area contributed by atoms with Crippen LogP contribution in [0.4, 0.5) is 0 Å². The summed E-state index contributed by atoms with van der Waals surface area (Å²) < 4.78 is 0. The van der Waals surface area contributed by atoms with Gasteiger partial charge in [0.15, 0.2) is 0 Å². The highest BCUT2D eigenvalue weighted by atomic mass is 35.5.